The van der Waals surface area contributed by atoms with E-state index in [-0.39, 0.29) is 0 Å². The number of quaternary nitrogens is 1. The van der Waals surface area contributed by atoms with Gasteiger partial charge < -0.3 is 4.90 Å². The predicted octanol–water partition coefficient (Wildman–Crippen LogP) is 19.5. The largest absolute Gasteiger partial charge is 0.329 e. The molecular weight excluding hydrogens is 1210 g/mol. The maximum absolute atomic E-state index is 15.4. The quantitative estimate of drug-likeness (QED) is 0.0149. The van der Waals surface area contributed by atoms with Crippen molar-refractivity contribution in [2.24, 2.45) is 0 Å². The first-order valence-corrected chi connectivity index (χ1v) is 31.9. The Balaban J connectivity index is 0.000000381. The molecule has 0 amide bonds. The standard InChI is InChI=1S/C43H83N.C24BF20/c1-4-6-8-10-12-14-16-18-20-22-24-26-28-30-32-35-39-43(40-36-34-37-41-43)44(3)42-38-33-31-29-27-25-23-21-19-17-15-13-11-9-7-5-2;26-5-1(6(27)14(35)21(42)13(5)34)25(2-7(28)15(36)22(43)16(37)8(2)29,3-9(30)17(38)23(44)18(39)10(3)31)4-11(32)19(40)24(45)20(41)12(4)33/h34,36-37,40H,4-33,35,38-39,41-42H2,1-3H3;/q;-1/p+1. The number of unbranched alkanes of at least 4 members (excludes halogenated alkanes) is 30. The first kappa shape index (κ1) is 76.4. The number of halogens is 20. The third kappa shape index (κ3) is 19.3. The van der Waals surface area contributed by atoms with Crippen molar-refractivity contribution in [3.05, 3.63) is 141 Å². The number of hydrogen-bond acceptors (Lipinski definition) is 0. The Morgan fingerprint density at radius 1 is 0.281 bits per heavy atom. The van der Waals surface area contributed by atoms with E-state index in [4.69, 9.17) is 0 Å². The Morgan fingerprint density at radius 3 is 0.697 bits per heavy atom. The van der Waals surface area contributed by atoms with Gasteiger partial charge in [0, 0.05) is 12.8 Å². The van der Waals surface area contributed by atoms with Crippen LogP contribution >= 0.6 is 0 Å². The second kappa shape index (κ2) is 38.1. The van der Waals surface area contributed by atoms with E-state index < -0.39 is 144 Å². The fourth-order valence-electron chi connectivity index (χ4n) is 12.4. The maximum Gasteiger partial charge on any atom is 0.200 e. The number of nitrogens with one attached hydrogen (secondary N) is 1. The van der Waals surface area contributed by atoms with Gasteiger partial charge in [-0.05, 0) is 25.3 Å². The van der Waals surface area contributed by atoms with Crippen LogP contribution in [0.2, 0.25) is 0 Å². The van der Waals surface area contributed by atoms with Crippen LogP contribution < -0.4 is 26.8 Å². The Hall–Kier alpha value is -5.02. The lowest BCUT2D eigenvalue weighted by atomic mass is 9.12. The second-order valence-corrected chi connectivity index (χ2v) is 23.8. The minimum Gasteiger partial charge on any atom is -0.329 e. The van der Waals surface area contributed by atoms with Crippen molar-refractivity contribution >= 4 is 28.0 Å². The van der Waals surface area contributed by atoms with Crippen molar-refractivity contribution in [3.63, 3.8) is 0 Å². The molecule has 2 unspecified atom stereocenters. The zero-order valence-electron chi connectivity index (χ0n) is 51.2. The first-order valence-electron chi connectivity index (χ1n) is 31.9. The van der Waals surface area contributed by atoms with E-state index in [0.717, 1.165) is 0 Å². The van der Waals surface area contributed by atoms with Crippen LogP contribution in [-0.4, -0.2) is 25.3 Å². The topological polar surface area (TPSA) is 4.44 Å². The number of allylic oxidation sites excluding steroid dienone is 2. The lowest BCUT2D eigenvalue weighted by Gasteiger charge is -2.44. The van der Waals surface area contributed by atoms with Gasteiger partial charge in [-0.1, -0.05) is 218 Å². The van der Waals surface area contributed by atoms with E-state index in [9.17, 15) is 52.7 Å². The highest BCUT2D eigenvalue weighted by Gasteiger charge is 2.52. The van der Waals surface area contributed by atoms with E-state index in [1.165, 1.54) is 225 Å². The first-order chi connectivity index (χ1) is 42.5. The molecule has 0 heterocycles. The molecule has 5 rings (SSSR count). The molecule has 1 nitrogen and oxygen atoms in total. The molecule has 1 aliphatic rings. The van der Waals surface area contributed by atoms with Gasteiger partial charge in [0.25, 0.3) is 0 Å². The van der Waals surface area contributed by atoms with Gasteiger partial charge in [0.15, 0.2) is 69.8 Å². The Morgan fingerprint density at radius 2 is 0.483 bits per heavy atom. The molecule has 0 aliphatic heterocycles. The maximum atomic E-state index is 15.4. The lowest BCUT2D eigenvalue weighted by molar-refractivity contribution is -0.927. The Bertz CT molecular complexity index is 2550. The summed E-state index contributed by atoms with van der Waals surface area (Å²) in [5, 5.41) is 0. The van der Waals surface area contributed by atoms with Gasteiger partial charge in [-0.2, -0.15) is 0 Å². The molecule has 500 valence electrons. The summed E-state index contributed by atoms with van der Waals surface area (Å²) in [7, 11) is 2.49. The van der Waals surface area contributed by atoms with Crippen molar-refractivity contribution in [3.8, 4) is 0 Å². The van der Waals surface area contributed by atoms with E-state index in [1.807, 2.05) is 0 Å². The van der Waals surface area contributed by atoms with Crippen LogP contribution in [0.1, 0.15) is 232 Å². The number of benzene rings is 4. The van der Waals surface area contributed by atoms with E-state index in [1.54, 1.807) is 4.90 Å². The molecule has 4 aromatic carbocycles. The number of rotatable bonds is 39. The zero-order valence-corrected chi connectivity index (χ0v) is 51.2. The fraction of sp³-hybridized carbons (Fsp3) is 0.582. The summed E-state index contributed by atoms with van der Waals surface area (Å²) in [6, 6.07) is 0. The summed E-state index contributed by atoms with van der Waals surface area (Å²) in [6.07, 6.45) is 51.6. The van der Waals surface area contributed by atoms with Gasteiger partial charge in [0.05, 0.1) is 13.6 Å². The van der Waals surface area contributed by atoms with E-state index >= 15 is 35.1 Å². The van der Waals surface area contributed by atoms with Crippen molar-refractivity contribution in [1.82, 2.24) is 0 Å². The fourth-order valence-corrected chi connectivity index (χ4v) is 12.4. The molecule has 0 radical (unpaired) electrons. The van der Waals surface area contributed by atoms with E-state index in [0.29, 0.717) is 5.54 Å². The summed E-state index contributed by atoms with van der Waals surface area (Å²) in [5.74, 6) is -71.4. The monoisotopic (exact) mass is 1290 g/mol. The minimum absolute atomic E-state index is 0.361. The second-order valence-electron chi connectivity index (χ2n) is 23.8. The normalized spacial score (nSPS) is 14.5. The molecule has 2 atom stereocenters. The predicted molar refractivity (Wildman–Crippen MR) is 310 cm³/mol. The lowest BCUT2D eigenvalue weighted by Crippen LogP contribution is -3.17. The van der Waals surface area contributed by atoms with Crippen LogP contribution in [0.5, 0.6) is 0 Å². The van der Waals surface area contributed by atoms with Crippen LogP contribution in [0.15, 0.2) is 24.3 Å². The minimum atomic E-state index is -7.22. The Kier molecular flexibility index (Phi) is 32.7. The van der Waals surface area contributed by atoms with Crippen LogP contribution in [0.4, 0.5) is 87.8 Å². The molecule has 0 spiro atoms. The molecule has 0 saturated heterocycles. The number of likely N-dealkylation sites (N-methyl/N-ethyl adjacent to an activating group) is 1. The van der Waals surface area contributed by atoms with Gasteiger partial charge >= 0.3 is 0 Å². The van der Waals surface area contributed by atoms with Crippen LogP contribution in [0, 0.1) is 116 Å². The average Bonchev–Trinajstić information content (AvgIpc) is 0.736. The summed E-state index contributed by atoms with van der Waals surface area (Å²) >= 11 is 0. The van der Waals surface area contributed by atoms with Gasteiger partial charge in [-0.3, -0.25) is 0 Å². The molecule has 89 heavy (non-hydrogen) atoms. The van der Waals surface area contributed by atoms with Crippen molar-refractivity contribution in [2.45, 2.75) is 238 Å². The molecule has 0 aromatic heterocycles. The van der Waals surface area contributed by atoms with Gasteiger partial charge in [0.1, 0.15) is 58.2 Å². The molecule has 0 fully saturated rings. The summed E-state index contributed by atoms with van der Waals surface area (Å²) in [6.45, 7) is 5.96. The highest BCUT2D eigenvalue weighted by atomic mass is 19.2. The van der Waals surface area contributed by atoms with Gasteiger partial charge in [-0.15, -0.1) is 21.9 Å². The summed E-state index contributed by atoms with van der Waals surface area (Å²) in [4.78, 5) is 1.77. The van der Waals surface area contributed by atoms with Crippen LogP contribution in [-0.2, 0) is 0 Å². The average molecular weight is 1290 g/mol. The van der Waals surface area contributed by atoms with Gasteiger partial charge in [0.2, 0.25) is 0 Å². The highest BCUT2D eigenvalue weighted by Crippen LogP contribution is 2.32. The third-order valence-electron chi connectivity index (χ3n) is 17.6. The Labute approximate surface area is 511 Å². The molecule has 22 heteroatoms. The van der Waals surface area contributed by atoms with Crippen LogP contribution in [0.3, 0.4) is 0 Å². The molecule has 0 saturated carbocycles. The molecule has 0 bridgehead atoms. The summed E-state index contributed by atoms with van der Waals surface area (Å²) < 4.78 is 294. The SMILES string of the molecule is CCCCCCCCCCCCCCCCCC[NH+](C)C1(CCCCCCCCCCCCCCCCCC)C=CC=CC1.Fc1c(F)c(F)c([B-](c2c(F)c(F)c(F)c(F)c2F)(c2c(F)c(F)c(F)c(F)c2F)c2c(F)c(F)c(F)c(F)c2F)c(F)c1F. The number of hydrogen-bond donors (Lipinski definition) is 1. The van der Waals surface area contributed by atoms with E-state index in [2.05, 4.69) is 45.2 Å². The third-order valence-corrected chi connectivity index (χ3v) is 17.6. The van der Waals surface area contributed by atoms with Crippen molar-refractivity contribution in [2.75, 3.05) is 13.6 Å². The molecular formula is C67H84BF20N. The van der Waals surface area contributed by atoms with Gasteiger partial charge in [-0.25, -0.2) is 87.8 Å². The molecule has 1 aliphatic carbocycles. The summed E-state index contributed by atoms with van der Waals surface area (Å²) in [5.41, 5.74) is -14.0. The van der Waals surface area contributed by atoms with Crippen molar-refractivity contribution < 1.29 is 92.7 Å². The molecule has 4 aromatic rings. The molecule has 1 N–H and O–H groups in total. The van der Waals surface area contributed by atoms with Crippen LogP contribution in [0.25, 0.3) is 0 Å². The zero-order chi connectivity index (χ0) is 66.0. The van der Waals surface area contributed by atoms with Crippen molar-refractivity contribution in [1.29, 1.82) is 0 Å². The highest BCUT2D eigenvalue weighted by molar-refractivity contribution is 7.20. The smallest absolute Gasteiger partial charge is 0.200 e.